The van der Waals surface area contributed by atoms with E-state index in [1.807, 2.05) is 25.7 Å². The Balaban J connectivity index is 0.000000162. The van der Waals surface area contributed by atoms with E-state index in [1.165, 1.54) is 129 Å². The summed E-state index contributed by atoms with van der Waals surface area (Å²) in [4.78, 5) is 19.5. The first kappa shape index (κ1) is 27.7. The third kappa shape index (κ3) is 7.03. The minimum Gasteiger partial charge on any atom is -0.444 e. The van der Waals surface area contributed by atoms with Gasteiger partial charge in [-0.3, -0.25) is 0 Å². The maximum Gasteiger partial charge on any atom is 0.410 e. The van der Waals surface area contributed by atoms with Crippen LogP contribution in [0.15, 0.2) is 0 Å². The molecule has 1 amide bonds. The zero-order valence-electron chi connectivity index (χ0n) is 24.4. The number of hydrogen-bond acceptors (Lipinski definition) is 5. The van der Waals surface area contributed by atoms with E-state index in [9.17, 15) is 4.79 Å². The van der Waals surface area contributed by atoms with Crippen LogP contribution in [0.2, 0.25) is 0 Å². The van der Waals surface area contributed by atoms with E-state index in [-0.39, 0.29) is 11.7 Å². The quantitative estimate of drug-likeness (QED) is 0.513. The molecule has 0 aromatic heterocycles. The first-order chi connectivity index (χ1) is 17.8. The molecule has 6 fully saturated rings. The minimum absolute atomic E-state index is 0.128. The van der Waals surface area contributed by atoms with Crippen molar-refractivity contribution in [1.29, 1.82) is 0 Å². The lowest BCUT2D eigenvalue weighted by Crippen LogP contribution is -2.50. The molecule has 6 nitrogen and oxygen atoms in total. The molecule has 0 atom stereocenters. The maximum atomic E-state index is 12.2. The van der Waals surface area contributed by atoms with E-state index in [0.717, 1.165) is 30.6 Å². The van der Waals surface area contributed by atoms with Gasteiger partial charge in [0.15, 0.2) is 0 Å². The highest BCUT2D eigenvalue weighted by atomic mass is 16.6. The molecule has 4 aliphatic heterocycles. The number of carbonyl (C=O) groups is 1. The second-order valence-electron chi connectivity index (χ2n) is 14.5. The summed E-state index contributed by atoms with van der Waals surface area (Å²) in [6.45, 7) is 15.5. The van der Waals surface area contributed by atoms with E-state index < -0.39 is 0 Å². The van der Waals surface area contributed by atoms with Crippen LogP contribution in [-0.4, -0.2) is 90.8 Å². The Hall–Kier alpha value is -0.850. The van der Waals surface area contributed by atoms with Gasteiger partial charge in [0.1, 0.15) is 5.60 Å². The van der Waals surface area contributed by atoms with Crippen molar-refractivity contribution in [3.8, 4) is 0 Å². The van der Waals surface area contributed by atoms with E-state index in [0.29, 0.717) is 5.41 Å². The number of likely N-dealkylation sites (tertiary alicyclic amines) is 3. The topological polar surface area (TPSA) is 48.1 Å². The van der Waals surface area contributed by atoms with Crippen LogP contribution < -0.4 is 5.32 Å². The molecule has 0 radical (unpaired) electrons. The first-order valence-corrected chi connectivity index (χ1v) is 15.9. The summed E-state index contributed by atoms with van der Waals surface area (Å²) >= 11 is 0. The van der Waals surface area contributed by atoms with Crippen molar-refractivity contribution in [2.45, 2.75) is 128 Å². The molecule has 2 saturated carbocycles. The van der Waals surface area contributed by atoms with E-state index in [4.69, 9.17) is 4.74 Å². The zero-order chi connectivity index (χ0) is 25.9. The van der Waals surface area contributed by atoms with Gasteiger partial charge in [-0.2, -0.15) is 0 Å². The molecule has 0 unspecified atom stereocenters. The van der Waals surface area contributed by atoms with Crippen LogP contribution in [0.3, 0.4) is 0 Å². The molecular weight excluding hydrogens is 460 g/mol. The van der Waals surface area contributed by atoms with E-state index >= 15 is 0 Å². The van der Waals surface area contributed by atoms with Crippen molar-refractivity contribution >= 4 is 6.09 Å². The summed E-state index contributed by atoms with van der Waals surface area (Å²) < 4.78 is 5.50. The van der Waals surface area contributed by atoms with Crippen molar-refractivity contribution in [3.05, 3.63) is 0 Å². The SMILES string of the molecule is C1CN(C2CCC3(CCNCC3)CC2)C1.CC(C)(C)OC(=O)N1CCC2(CCC(N3CCC3)CC2)CC1. The van der Waals surface area contributed by atoms with Crippen LogP contribution in [-0.2, 0) is 4.74 Å². The first-order valence-electron chi connectivity index (χ1n) is 15.9. The van der Waals surface area contributed by atoms with Crippen LogP contribution in [0, 0.1) is 10.8 Å². The van der Waals surface area contributed by atoms with Gasteiger partial charge in [-0.05, 0) is 161 Å². The Morgan fingerprint density at radius 2 is 1.11 bits per heavy atom. The van der Waals surface area contributed by atoms with Gasteiger partial charge in [0.25, 0.3) is 0 Å². The Kier molecular flexibility index (Phi) is 8.77. The monoisotopic (exact) mass is 516 g/mol. The highest BCUT2D eigenvalue weighted by Crippen LogP contribution is 2.46. The summed E-state index contributed by atoms with van der Waals surface area (Å²) in [6, 6.07) is 1.81. The number of amides is 1. The molecule has 6 heteroatoms. The second-order valence-corrected chi connectivity index (χ2v) is 14.5. The maximum absolute atomic E-state index is 12.2. The smallest absolute Gasteiger partial charge is 0.410 e. The van der Waals surface area contributed by atoms with Crippen molar-refractivity contribution < 1.29 is 9.53 Å². The summed E-state index contributed by atoms with van der Waals surface area (Å²) in [5.74, 6) is 0. The third-order valence-electron chi connectivity index (χ3n) is 11.0. The van der Waals surface area contributed by atoms with Crippen LogP contribution in [0.5, 0.6) is 0 Å². The lowest BCUT2D eigenvalue weighted by Gasteiger charge is -2.49. The Morgan fingerprint density at radius 1 is 0.676 bits per heavy atom. The summed E-state index contributed by atoms with van der Waals surface area (Å²) in [7, 11) is 0. The van der Waals surface area contributed by atoms with Gasteiger partial charge in [0.05, 0.1) is 0 Å². The predicted molar refractivity (Wildman–Crippen MR) is 151 cm³/mol. The minimum atomic E-state index is -0.387. The fraction of sp³-hybridized carbons (Fsp3) is 0.968. The van der Waals surface area contributed by atoms with Gasteiger partial charge in [-0.15, -0.1) is 0 Å². The highest BCUT2D eigenvalue weighted by Gasteiger charge is 2.41. The summed E-state index contributed by atoms with van der Waals surface area (Å²) in [6.07, 6.45) is 19.4. The predicted octanol–water partition coefficient (Wildman–Crippen LogP) is 5.66. The molecule has 0 aromatic rings. The Morgan fingerprint density at radius 3 is 1.49 bits per heavy atom. The zero-order valence-corrected chi connectivity index (χ0v) is 24.4. The van der Waals surface area contributed by atoms with E-state index in [1.54, 1.807) is 0 Å². The molecule has 6 rings (SSSR count). The van der Waals surface area contributed by atoms with Crippen LogP contribution >= 0.6 is 0 Å². The van der Waals surface area contributed by atoms with Crippen LogP contribution in [0.25, 0.3) is 0 Å². The number of ether oxygens (including phenoxy) is 1. The largest absolute Gasteiger partial charge is 0.444 e. The van der Waals surface area contributed by atoms with E-state index in [2.05, 4.69) is 15.1 Å². The summed E-state index contributed by atoms with van der Waals surface area (Å²) in [5.41, 5.74) is 0.883. The Bertz CT molecular complexity index is 723. The van der Waals surface area contributed by atoms with Crippen molar-refractivity contribution in [2.75, 3.05) is 52.4 Å². The molecule has 37 heavy (non-hydrogen) atoms. The fourth-order valence-electron chi connectivity index (χ4n) is 8.02. The fourth-order valence-corrected chi connectivity index (χ4v) is 8.02. The average Bonchev–Trinajstić information content (AvgIpc) is 2.80. The average molecular weight is 517 g/mol. The molecule has 4 heterocycles. The van der Waals surface area contributed by atoms with Gasteiger partial charge in [0.2, 0.25) is 0 Å². The van der Waals surface area contributed by atoms with Gasteiger partial charge in [-0.25, -0.2) is 4.79 Å². The molecule has 212 valence electrons. The van der Waals surface area contributed by atoms with Crippen molar-refractivity contribution in [3.63, 3.8) is 0 Å². The molecular formula is C31H56N4O2. The molecule has 2 aliphatic carbocycles. The molecule has 6 aliphatic rings. The normalized spacial score (nSPS) is 29.2. The molecule has 1 N–H and O–H groups in total. The lowest BCUT2D eigenvalue weighted by molar-refractivity contribution is -0.00756. The number of nitrogens with zero attached hydrogens (tertiary/aromatic N) is 3. The van der Waals surface area contributed by atoms with Crippen LogP contribution in [0.1, 0.15) is 111 Å². The van der Waals surface area contributed by atoms with Gasteiger partial charge in [-0.1, -0.05) is 0 Å². The number of rotatable bonds is 2. The standard InChI is InChI=1S/C18H32N2O2.C13H24N2/c1-17(2,3)22-16(21)20-13-9-18(10-14-20)7-5-15(6-8-18)19-11-4-12-19;1-10-15(11-1)12-2-4-13(5-3-12)6-8-14-9-7-13/h15H,4-14H2,1-3H3;12,14H,1-11H2. The molecule has 2 spiro atoms. The summed E-state index contributed by atoms with van der Waals surface area (Å²) in [5, 5.41) is 3.50. The molecule has 0 aromatic carbocycles. The van der Waals surface area contributed by atoms with Crippen molar-refractivity contribution in [1.82, 2.24) is 20.0 Å². The van der Waals surface area contributed by atoms with Crippen LogP contribution in [0.4, 0.5) is 4.79 Å². The number of carbonyl (C=O) groups excluding carboxylic acids is 1. The molecule has 4 saturated heterocycles. The third-order valence-corrected chi connectivity index (χ3v) is 11.0. The van der Waals surface area contributed by atoms with Gasteiger partial charge >= 0.3 is 6.09 Å². The molecule has 0 bridgehead atoms. The number of nitrogens with one attached hydrogen (secondary N) is 1. The van der Waals surface area contributed by atoms with Gasteiger partial charge in [0, 0.05) is 25.2 Å². The van der Waals surface area contributed by atoms with Crippen molar-refractivity contribution in [2.24, 2.45) is 10.8 Å². The lowest BCUT2D eigenvalue weighted by atomic mass is 9.66. The Labute approximate surface area is 227 Å². The number of hydrogen-bond donors (Lipinski definition) is 1. The van der Waals surface area contributed by atoms with Gasteiger partial charge < -0.3 is 24.8 Å². The number of piperidine rings is 2. The highest BCUT2D eigenvalue weighted by molar-refractivity contribution is 5.68. The second kappa shape index (κ2) is 11.7.